The molecule has 0 spiro atoms. The minimum atomic E-state index is -0.315. The van der Waals surface area contributed by atoms with Gasteiger partial charge < -0.3 is 4.90 Å². The van der Waals surface area contributed by atoms with Crippen LogP contribution in [0.25, 0.3) is 0 Å². The molecule has 1 saturated carbocycles. The van der Waals surface area contributed by atoms with E-state index >= 15 is 0 Å². The summed E-state index contributed by atoms with van der Waals surface area (Å²) < 4.78 is 0. The third-order valence-corrected chi connectivity index (χ3v) is 8.98. The molecule has 0 aliphatic heterocycles. The van der Waals surface area contributed by atoms with Gasteiger partial charge in [0.25, 0.3) is 0 Å². The van der Waals surface area contributed by atoms with E-state index in [-0.39, 0.29) is 7.92 Å². The van der Waals surface area contributed by atoms with Crippen LogP contribution in [-0.2, 0) is 0 Å². The molecule has 2 aromatic rings. The van der Waals surface area contributed by atoms with Crippen LogP contribution in [0.3, 0.4) is 0 Å². The van der Waals surface area contributed by atoms with Crippen molar-refractivity contribution in [2.75, 3.05) is 14.1 Å². The van der Waals surface area contributed by atoms with Gasteiger partial charge in [-0.2, -0.15) is 0 Å². The van der Waals surface area contributed by atoms with Crippen molar-refractivity contribution in [3.05, 3.63) is 60.7 Å². The predicted molar refractivity (Wildman–Crippen MR) is 108 cm³/mol. The zero-order valence-corrected chi connectivity index (χ0v) is 16.3. The lowest BCUT2D eigenvalue weighted by atomic mass is 9.97. The predicted octanol–water partition coefficient (Wildman–Crippen LogP) is 4.48. The SMILES string of the molecule is CC1CC[C@@H]([C@@H](C)N(C)C)C1P(c1ccccc1)c1ccccc1. The van der Waals surface area contributed by atoms with Gasteiger partial charge in [0.1, 0.15) is 0 Å². The van der Waals surface area contributed by atoms with Gasteiger partial charge in [-0.3, -0.25) is 0 Å². The van der Waals surface area contributed by atoms with Crippen molar-refractivity contribution in [3.8, 4) is 0 Å². The maximum absolute atomic E-state index is 2.48. The molecule has 1 aliphatic carbocycles. The van der Waals surface area contributed by atoms with E-state index in [2.05, 4.69) is 93.5 Å². The monoisotopic (exact) mass is 339 g/mol. The fraction of sp³-hybridized carbons (Fsp3) is 0.455. The van der Waals surface area contributed by atoms with E-state index < -0.39 is 0 Å². The molecule has 2 heteroatoms. The normalized spacial score (nSPS) is 25.3. The lowest BCUT2D eigenvalue weighted by Gasteiger charge is -2.37. The molecule has 3 rings (SSSR count). The molecule has 0 saturated heterocycles. The highest BCUT2D eigenvalue weighted by Gasteiger charge is 2.42. The minimum absolute atomic E-state index is 0.315. The van der Waals surface area contributed by atoms with Crippen molar-refractivity contribution < 1.29 is 0 Å². The van der Waals surface area contributed by atoms with Crippen molar-refractivity contribution in [1.29, 1.82) is 0 Å². The highest BCUT2D eigenvalue weighted by Crippen LogP contribution is 2.53. The Balaban J connectivity index is 2.04. The van der Waals surface area contributed by atoms with Gasteiger partial charge in [0.15, 0.2) is 0 Å². The summed E-state index contributed by atoms with van der Waals surface area (Å²) >= 11 is 0. The van der Waals surface area contributed by atoms with Crippen LogP contribution in [0.2, 0.25) is 0 Å². The van der Waals surface area contributed by atoms with Gasteiger partial charge in [-0.05, 0) is 69.9 Å². The number of rotatable bonds is 5. The largest absolute Gasteiger partial charge is 0.306 e. The molecule has 0 heterocycles. The van der Waals surface area contributed by atoms with Crippen molar-refractivity contribution >= 4 is 18.5 Å². The topological polar surface area (TPSA) is 3.24 Å². The third kappa shape index (κ3) is 3.58. The Morgan fingerprint density at radius 2 is 1.38 bits per heavy atom. The summed E-state index contributed by atoms with van der Waals surface area (Å²) in [5.41, 5.74) is 0.766. The molecule has 1 aliphatic rings. The van der Waals surface area contributed by atoms with Gasteiger partial charge in [-0.25, -0.2) is 0 Å². The fourth-order valence-corrected chi connectivity index (χ4v) is 7.66. The van der Waals surface area contributed by atoms with E-state index in [4.69, 9.17) is 0 Å². The molecule has 0 radical (unpaired) electrons. The lowest BCUT2D eigenvalue weighted by Crippen LogP contribution is -2.39. The smallest absolute Gasteiger partial charge is 0.00954 e. The van der Waals surface area contributed by atoms with E-state index in [1.807, 2.05) is 0 Å². The lowest BCUT2D eigenvalue weighted by molar-refractivity contribution is 0.229. The Bertz CT molecular complexity index is 585. The maximum Gasteiger partial charge on any atom is 0.00954 e. The quantitative estimate of drug-likeness (QED) is 0.726. The maximum atomic E-state index is 2.48. The summed E-state index contributed by atoms with van der Waals surface area (Å²) in [6.07, 6.45) is 2.73. The van der Waals surface area contributed by atoms with Gasteiger partial charge >= 0.3 is 0 Å². The Morgan fingerprint density at radius 3 is 1.83 bits per heavy atom. The summed E-state index contributed by atoms with van der Waals surface area (Å²) in [7, 11) is 4.15. The van der Waals surface area contributed by atoms with E-state index in [0.29, 0.717) is 6.04 Å². The van der Waals surface area contributed by atoms with Crippen LogP contribution in [0.1, 0.15) is 26.7 Å². The van der Waals surface area contributed by atoms with Crippen LogP contribution in [0, 0.1) is 11.8 Å². The molecular formula is C22H30NP. The number of hydrogen-bond acceptors (Lipinski definition) is 1. The third-order valence-electron chi connectivity index (χ3n) is 5.78. The van der Waals surface area contributed by atoms with Crippen LogP contribution in [0.5, 0.6) is 0 Å². The summed E-state index contributed by atoms with van der Waals surface area (Å²) in [6.45, 7) is 4.90. The summed E-state index contributed by atoms with van der Waals surface area (Å²) in [6, 6.07) is 23.1. The first-order chi connectivity index (χ1) is 11.6. The van der Waals surface area contributed by atoms with E-state index in [9.17, 15) is 0 Å². The van der Waals surface area contributed by atoms with Crippen LogP contribution in [0.4, 0.5) is 0 Å². The molecule has 0 N–H and O–H groups in total. The summed E-state index contributed by atoms with van der Waals surface area (Å²) in [5.74, 6) is 1.57. The van der Waals surface area contributed by atoms with E-state index in [0.717, 1.165) is 17.5 Å². The molecule has 2 unspecified atom stereocenters. The molecular weight excluding hydrogens is 309 g/mol. The van der Waals surface area contributed by atoms with Gasteiger partial charge in [-0.1, -0.05) is 67.6 Å². The number of nitrogens with zero attached hydrogens (tertiary/aromatic N) is 1. The second kappa shape index (κ2) is 7.81. The standard InChI is InChI=1S/C22H30NP/c1-17-15-16-21(18(2)23(3)4)22(17)24(19-11-7-5-8-12-19)20-13-9-6-10-14-20/h5-14,17-18,21-22H,15-16H2,1-4H3/t17?,18-,21+,22?/m1/s1. The highest BCUT2D eigenvalue weighted by atomic mass is 31.1. The number of hydrogen-bond donors (Lipinski definition) is 0. The van der Waals surface area contributed by atoms with Gasteiger partial charge in [0.05, 0.1) is 0 Å². The van der Waals surface area contributed by atoms with Gasteiger partial charge in [0, 0.05) is 6.04 Å². The van der Waals surface area contributed by atoms with Crippen molar-refractivity contribution in [2.24, 2.45) is 11.8 Å². The zero-order valence-electron chi connectivity index (χ0n) is 15.4. The minimum Gasteiger partial charge on any atom is -0.306 e. The molecule has 128 valence electrons. The van der Waals surface area contributed by atoms with Crippen molar-refractivity contribution in [3.63, 3.8) is 0 Å². The van der Waals surface area contributed by atoms with Gasteiger partial charge in [-0.15, -0.1) is 0 Å². The zero-order chi connectivity index (χ0) is 17.1. The molecule has 24 heavy (non-hydrogen) atoms. The molecule has 2 aromatic carbocycles. The summed E-state index contributed by atoms with van der Waals surface area (Å²) in [4.78, 5) is 2.42. The first-order valence-corrected chi connectivity index (χ1v) is 10.6. The Labute approximate surface area is 148 Å². The number of benzene rings is 2. The molecule has 4 atom stereocenters. The van der Waals surface area contributed by atoms with Crippen molar-refractivity contribution in [2.45, 2.75) is 38.4 Å². The van der Waals surface area contributed by atoms with E-state index in [1.54, 1.807) is 0 Å². The molecule has 0 bridgehead atoms. The average Bonchev–Trinajstić information content (AvgIpc) is 2.98. The average molecular weight is 339 g/mol. The van der Waals surface area contributed by atoms with Crippen LogP contribution in [-0.4, -0.2) is 30.7 Å². The molecule has 1 nitrogen and oxygen atoms in total. The first kappa shape index (κ1) is 17.6. The Hall–Kier alpha value is -1.17. The van der Waals surface area contributed by atoms with Crippen LogP contribution in [0.15, 0.2) is 60.7 Å². The molecule has 0 amide bonds. The van der Waals surface area contributed by atoms with Crippen LogP contribution >= 0.6 is 7.92 Å². The van der Waals surface area contributed by atoms with Crippen molar-refractivity contribution in [1.82, 2.24) is 4.90 Å². The first-order valence-electron chi connectivity index (χ1n) is 9.15. The Kier molecular flexibility index (Phi) is 5.74. The molecule has 0 aromatic heterocycles. The van der Waals surface area contributed by atoms with Crippen LogP contribution < -0.4 is 10.6 Å². The summed E-state index contributed by atoms with van der Waals surface area (Å²) in [5, 5.41) is 3.07. The highest BCUT2D eigenvalue weighted by molar-refractivity contribution is 7.73. The fourth-order valence-electron chi connectivity index (χ4n) is 4.24. The molecule has 1 fully saturated rings. The second-order valence-corrected chi connectivity index (χ2v) is 9.82. The Morgan fingerprint density at radius 1 is 0.875 bits per heavy atom. The van der Waals surface area contributed by atoms with Gasteiger partial charge in [0.2, 0.25) is 0 Å². The second-order valence-electron chi connectivity index (χ2n) is 7.45. The van der Waals surface area contributed by atoms with E-state index in [1.165, 1.54) is 23.5 Å².